The van der Waals surface area contributed by atoms with E-state index in [1.807, 2.05) is 66.4 Å². The van der Waals surface area contributed by atoms with Gasteiger partial charge in [0.15, 0.2) is 0 Å². The second-order valence-electron chi connectivity index (χ2n) is 8.37. The molecule has 6 heteroatoms. The standard InChI is InChI=1S/C26H35N3O3/c1-21(23-7-4-3-5-8-23)27-25(30)15-18-28-16-6-17-29(20-19-28)26(31)14-11-22-9-12-24(32-2)13-10-22/h3-5,7-10,12-13,21H,6,11,14-20H2,1-2H3,(H,27,30). The number of nitrogens with zero attached hydrogens (tertiary/aromatic N) is 2. The molecule has 0 spiro atoms. The van der Waals surface area contributed by atoms with Gasteiger partial charge in [-0.15, -0.1) is 0 Å². The molecule has 2 aromatic carbocycles. The molecular weight excluding hydrogens is 402 g/mol. The van der Waals surface area contributed by atoms with Crippen LogP contribution in [-0.2, 0) is 16.0 Å². The van der Waals surface area contributed by atoms with E-state index in [4.69, 9.17) is 4.74 Å². The number of rotatable bonds is 9. The molecule has 1 aliphatic heterocycles. The van der Waals surface area contributed by atoms with Crippen LogP contribution < -0.4 is 10.1 Å². The summed E-state index contributed by atoms with van der Waals surface area (Å²) in [5, 5.41) is 3.08. The van der Waals surface area contributed by atoms with Crippen molar-refractivity contribution in [2.75, 3.05) is 39.8 Å². The van der Waals surface area contributed by atoms with Crippen LogP contribution in [0.2, 0.25) is 0 Å². The van der Waals surface area contributed by atoms with Crippen molar-refractivity contribution in [3.05, 3.63) is 65.7 Å². The van der Waals surface area contributed by atoms with E-state index in [0.29, 0.717) is 12.8 Å². The van der Waals surface area contributed by atoms with Crippen LogP contribution in [0.15, 0.2) is 54.6 Å². The van der Waals surface area contributed by atoms with E-state index in [-0.39, 0.29) is 17.9 Å². The van der Waals surface area contributed by atoms with Gasteiger partial charge in [0.05, 0.1) is 13.2 Å². The zero-order chi connectivity index (χ0) is 22.8. The maximum absolute atomic E-state index is 12.7. The summed E-state index contributed by atoms with van der Waals surface area (Å²) in [5.41, 5.74) is 2.26. The summed E-state index contributed by atoms with van der Waals surface area (Å²) in [5.74, 6) is 1.10. The molecule has 6 nitrogen and oxygen atoms in total. The third kappa shape index (κ3) is 7.38. The minimum absolute atomic E-state index is 0.00616. The first-order valence-electron chi connectivity index (χ1n) is 11.5. The average molecular weight is 438 g/mol. The number of carbonyl (C=O) groups is 2. The molecule has 0 aromatic heterocycles. The lowest BCUT2D eigenvalue weighted by molar-refractivity contribution is -0.131. The minimum Gasteiger partial charge on any atom is -0.497 e. The molecule has 1 saturated heterocycles. The summed E-state index contributed by atoms with van der Waals surface area (Å²) in [4.78, 5) is 29.3. The number of amides is 2. The highest BCUT2D eigenvalue weighted by atomic mass is 16.5. The summed E-state index contributed by atoms with van der Waals surface area (Å²) < 4.78 is 5.18. The lowest BCUT2D eigenvalue weighted by atomic mass is 10.1. The van der Waals surface area contributed by atoms with Gasteiger partial charge in [-0.1, -0.05) is 42.5 Å². The number of benzene rings is 2. The van der Waals surface area contributed by atoms with Gasteiger partial charge < -0.3 is 19.9 Å². The van der Waals surface area contributed by atoms with Gasteiger partial charge in [0.25, 0.3) is 0 Å². The van der Waals surface area contributed by atoms with Gasteiger partial charge in [0, 0.05) is 39.0 Å². The first-order valence-corrected chi connectivity index (χ1v) is 11.5. The summed E-state index contributed by atoms with van der Waals surface area (Å²) in [6.07, 6.45) is 2.67. The molecule has 1 unspecified atom stereocenters. The van der Waals surface area contributed by atoms with Crippen LogP contribution in [0.5, 0.6) is 5.75 Å². The lowest BCUT2D eigenvalue weighted by Crippen LogP contribution is -2.36. The topological polar surface area (TPSA) is 61.9 Å². The summed E-state index contributed by atoms with van der Waals surface area (Å²) >= 11 is 0. The van der Waals surface area contributed by atoms with Crippen LogP contribution in [0, 0.1) is 0 Å². The molecule has 1 aliphatic rings. The molecule has 2 amide bonds. The number of ether oxygens (including phenoxy) is 1. The Hall–Kier alpha value is -2.86. The van der Waals surface area contributed by atoms with Gasteiger partial charge in [0.2, 0.25) is 11.8 Å². The Morgan fingerprint density at radius 2 is 1.72 bits per heavy atom. The molecule has 0 saturated carbocycles. The largest absolute Gasteiger partial charge is 0.497 e. The number of aryl methyl sites for hydroxylation is 1. The molecule has 1 fully saturated rings. The Kier molecular flexibility index (Phi) is 9.11. The van der Waals surface area contributed by atoms with Crippen LogP contribution in [0.1, 0.15) is 43.4 Å². The Bertz CT molecular complexity index is 854. The summed E-state index contributed by atoms with van der Waals surface area (Å²) in [6, 6.07) is 17.9. The Balaban J connectivity index is 1.37. The first kappa shape index (κ1) is 23.8. The highest BCUT2D eigenvalue weighted by Crippen LogP contribution is 2.14. The first-order chi connectivity index (χ1) is 15.5. The summed E-state index contributed by atoms with van der Waals surface area (Å²) in [6.45, 7) is 5.98. The third-order valence-corrected chi connectivity index (χ3v) is 6.06. The zero-order valence-electron chi connectivity index (χ0n) is 19.3. The molecule has 2 aromatic rings. The molecule has 0 aliphatic carbocycles. The quantitative estimate of drug-likeness (QED) is 0.653. The van der Waals surface area contributed by atoms with E-state index in [1.54, 1.807) is 7.11 Å². The van der Waals surface area contributed by atoms with E-state index < -0.39 is 0 Å². The van der Waals surface area contributed by atoms with E-state index in [0.717, 1.165) is 62.4 Å². The van der Waals surface area contributed by atoms with Crippen molar-refractivity contribution in [3.8, 4) is 5.75 Å². The van der Waals surface area contributed by atoms with Crippen LogP contribution in [0.3, 0.4) is 0 Å². The van der Waals surface area contributed by atoms with Gasteiger partial charge in [-0.2, -0.15) is 0 Å². The maximum Gasteiger partial charge on any atom is 0.222 e. The number of nitrogens with one attached hydrogen (secondary N) is 1. The fourth-order valence-electron chi connectivity index (χ4n) is 4.04. The second-order valence-corrected chi connectivity index (χ2v) is 8.37. The van der Waals surface area contributed by atoms with Gasteiger partial charge in [-0.3, -0.25) is 9.59 Å². The van der Waals surface area contributed by atoms with Crippen molar-refractivity contribution < 1.29 is 14.3 Å². The van der Waals surface area contributed by atoms with E-state index in [9.17, 15) is 9.59 Å². The van der Waals surface area contributed by atoms with Crippen LogP contribution in [-0.4, -0.2) is 61.4 Å². The van der Waals surface area contributed by atoms with Crippen LogP contribution in [0.4, 0.5) is 0 Å². The molecule has 1 atom stereocenters. The van der Waals surface area contributed by atoms with Crippen molar-refractivity contribution in [1.29, 1.82) is 0 Å². The van der Waals surface area contributed by atoms with Crippen molar-refractivity contribution >= 4 is 11.8 Å². The van der Waals surface area contributed by atoms with Crippen molar-refractivity contribution in [2.45, 2.75) is 38.6 Å². The summed E-state index contributed by atoms with van der Waals surface area (Å²) in [7, 11) is 1.65. The number of hydrogen-bond donors (Lipinski definition) is 1. The highest BCUT2D eigenvalue weighted by Gasteiger charge is 2.19. The highest BCUT2D eigenvalue weighted by molar-refractivity contribution is 5.77. The average Bonchev–Trinajstić information content (AvgIpc) is 3.08. The van der Waals surface area contributed by atoms with Gasteiger partial charge in [0.1, 0.15) is 5.75 Å². The SMILES string of the molecule is COc1ccc(CCC(=O)N2CCCN(CCC(=O)NC(C)c3ccccc3)CC2)cc1. The number of methoxy groups -OCH3 is 1. The minimum atomic E-state index is 0.00616. The normalized spacial score (nSPS) is 15.6. The van der Waals surface area contributed by atoms with Crippen molar-refractivity contribution in [1.82, 2.24) is 15.1 Å². The Morgan fingerprint density at radius 3 is 2.44 bits per heavy atom. The maximum atomic E-state index is 12.7. The third-order valence-electron chi connectivity index (χ3n) is 6.06. The molecular formula is C26H35N3O3. The molecule has 32 heavy (non-hydrogen) atoms. The van der Waals surface area contributed by atoms with Gasteiger partial charge >= 0.3 is 0 Å². The number of hydrogen-bond acceptors (Lipinski definition) is 4. The lowest BCUT2D eigenvalue weighted by Gasteiger charge is -2.22. The van der Waals surface area contributed by atoms with E-state index >= 15 is 0 Å². The van der Waals surface area contributed by atoms with Gasteiger partial charge in [-0.05, 0) is 49.6 Å². The Labute approximate surface area is 191 Å². The molecule has 3 rings (SSSR count). The van der Waals surface area contributed by atoms with Gasteiger partial charge in [-0.25, -0.2) is 0 Å². The fraction of sp³-hybridized carbons (Fsp3) is 0.462. The van der Waals surface area contributed by atoms with Crippen molar-refractivity contribution in [2.24, 2.45) is 0 Å². The van der Waals surface area contributed by atoms with E-state index in [1.165, 1.54) is 0 Å². The predicted octanol–water partition coefficient (Wildman–Crippen LogP) is 3.43. The Morgan fingerprint density at radius 1 is 0.969 bits per heavy atom. The second kappa shape index (κ2) is 12.2. The molecule has 172 valence electrons. The van der Waals surface area contributed by atoms with Crippen LogP contribution in [0.25, 0.3) is 0 Å². The fourth-order valence-corrected chi connectivity index (χ4v) is 4.04. The predicted molar refractivity (Wildman–Crippen MR) is 127 cm³/mol. The number of carbonyl (C=O) groups excluding carboxylic acids is 2. The van der Waals surface area contributed by atoms with Crippen molar-refractivity contribution in [3.63, 3.8) is 0 Å². The molecule has 0 bridgehead atoms. The molecule has 1 heterocycles. The molecule has 1 N–H and O–H groups in total. The monoisotopic (exact) mass is 437 g/mol. The molecule has 0 radical (unpaired) electrons. The van der Waals surface area contributed by atoms with Crippen LogP contribution >= 0.6 is 0 Å². The zero-order valence-corrected chi connectivity index (χ0v) is 19.3. The van der Waals surface area contributed by atoms with E-state index in [2.05, 4.69) is 10.2 Å². The smallest absolute Gasteiger partial charge is 0.222 e.